The highest BCUT2D eigenvalue weighted by molar-refractivity contribution is 6.33. The number of nitrogens with zero attached hydrogens (tertiary/aromatic N) is 4. The number of aromatic nitrogens is 3. The van der Waals surface area contributed by atoms with Crippen molar-refractivity contribution in [2.45, 2.75) is 31.7 Å². The maximum Gasteiger partial charge on any atom is 0.253 e. The number of likely N-dealkylation sites (tertiary alicyclic amines) is 1. The van der Waals surface area contributed by atoms with Gasteiger partial charge in [-0.25, -0.2) is 0 Å². The molecule has 0 N–H and O–H groups in total. The van der Waals surface area contributed by atoms with Crippen LogP contribution in [0, 0.1) is 0 Å². The molecule has 1 unspecified atom stereocenters. The Hall–Kier alpha value is -2.24. The average molecular weight is 369 g/mol. The lowest BCUT2D eigenvalue weighted by Crippen LogP contribution is -2.48. The van der Waals surface area contributed by atoms with Crippen LogP contribution >= 0.6 is 11.6 Å². The SMILES string of the molecule is CC(c1ccccn1)(c1nc(-c2ccccc2Cl)no1)N1CCCCC1. The summed E-state index contributed by atoms with van der Waals surface area (Å²) in [4.78, 5) is 11.7. The summed E-state index contributed by atoms with van der Waals surface area (Å²) in [6.45, 7) is 4.08. The standard InChI is InChI=1S/C20H21ClN4O/c1-20(17-11-5-6-12-22-17,25-13-7-2-8-14-25)19-23-18(24-26-19)15-9-3-4-10-16(15)21/h3-6,9-12H,2,7-8,13-14H2,1H3. The van der Waals surface area contributed by atoms with E-state index in [2.05, 4.69) is 22.0 Å². The van der Waals surface area contributed by atoms with Gasteiger partial charge in [0, 0.05) is 11.8 Å². The van der Waals surface area contributed by atoms with Crippen molar-refractivity contribution < 1.29 is 4.52 Å². The van der Waals surface area contributed by atoms with Crippen LogP contribution in [0.25, 0.3) is 11.4 Å². The first kappa shape index (κ1) is 17.2. The molecule has 0 saturated carbocycles. The predicted molar refractivity (Wildman–Crippen MR) is 101 cm³/mol. The van der Waals surface area contributed by atoms with Crippen molar-refractivity contribution in [1.82, 2.24) is 20.0 Å². The number of piperidine rings is 1. The Balaban J connectivity index is 1.79. The molecule has 0 aliphatic carbocycles. The van der Waals surface area contributed by atoms with E-state index in [4.69, 9.17) is 21.1 Å². The van der Waals surface area contributed by atoms with Crippen LogP contribution in [0.3, 0.4) is 0 Å². The minimum atomic E-state index is -0.561. The molecule has 4 rings (SSSR count). The maximum absolute atomic E-state index is 6.30. The Bertz CT molecular complexity index is 876. The van der Waals surface area contributed by atoms with Crippen molar-refractivity contribution >= 4 is 11.6 Å². The Morgan fingerprint density at radius 3 is 2.54 bits per heavy atom. The van der Waals surface area contributed by atoms with E-state index in [1.54, 1.807) is 0 Å². The molecular formula is C20H21ClN4O. The zero-order valence-corrected chi connectivity index (χ0v) is 15.5. The summed E-state index contributed by atoms with van der Waals surface area (Å²) in [5, 5.41) is 4.82. The zero-order valence-electron chi connectivity index (χ0n) is 14.7. The van der Waals surface area contributed by atoms with Crippen molar-refractivity contribution in [3.8, 4) is 11.4 Å². The number of pyridine rings is 1. The second-order valence-electron chi connectivity index (χ2n) is 6.74. The molecule has 0 amide bonds. The molecule has 3 heterocycles. The number of benzene rings is 1. The lowest BCUT2D eigenvalue weighted by atomic mass is 9.91. The molecule has 6 heteroatoms. The van der Waals surface area contributed by atoms with E-state index in [9.17, 15) is 0 Å². The van der Waals surface area contributed by atoms with Crippen molar-refractivity contribution in [2.24, 2.45) is 0 Å². The van der Waals surface area contributed by atoms with Gasteiger partial charge in [0.1, 0.15) is 5.54 Å². The molecular weight excluding hydrogens is 348 g/mol. The Morgan fingerprint density at radius 2 is 1.81 bits per heavy atom. The molecule has 1 aliphatic heterocycles. The Kier molecular flexibility index (Phi) is 4.74. The third kappa shape index (κ3) is 3.02. The molecule has 0 spiro atoms. The summed E-state index contributed by atoms with van der Waals surface area (Å²) in [7, 11) is 0. The van der Waals surface area contributed by atoms with Crippen LogP contribution in [0.5, 0.6) is 0 Å². The molecule has 5 nitrogen and oxygen atoms in total. The number of halogens is 1. The lowest BCUT2D eigenvalue weighted by molar-refractivity contribution is 0.0786. The highest BCUT2D eigenvalue weighted by Gasteiger charge is 2.42. The van der Waals surface area contributed by atoms with Crippen LogP contribution < -0.4 is 0 Å². The minimum Gasteiger partial charge on any atom is -0.336 e. The quantitative estimate of drug-likeness (QED) is 0.677. The fraction of sp³-hybridized carbons (Fsp3) is 0.350. The molecule has 1 fully saturated rings. The molecule has 1 atom stereocenters. The Labute approximate surface area is 158 Å². The first-order chi connectivity index (χ1) is 12.7. The highest BCUT2D eigenvalue weighted by Crippen LogP contribution is 2.37. The van der Waals surface area contributed by atoms with Gasteiger partial charge in [-0.15, -0.1) is 0 Å². The third-order valence-corrected chi connectivity index (χ3v) is 5.44. The molecule has 1 aliphatic rings. The fourth-order valence-corrected chi connectivity index (χ4v) is 3.79. The van der Waals surface area contributed by atoms with Crippen LogP contribution in [-0.4, -0.2) is 33.1 Å². The van der Waals surface area contributed by atoms with Crippen molar-refractivity contribution in [3.05, 3.63) is 65.3 Å². The fourth-order valence-electron chi connectivity index (χ4n) is 3.57. The van der Waals surface area contributed by atoms with E-state index in [-0.39, 0.29) is 0 Å². The van der Waals surface area contributed by atoms with Gasteiger partial charge in [-0.05, 0) is 57.1 Å². The Morgan fingerprint density at radius 1 is 1.04 bits per heavy atom. The summed E-state index contributed by atoms with van der Waals surface area (Å²) >= 11 is 6.30. The third-order valence-electron chi connectivity index (χ3n) is 5.11. The summed E-state index contributed by atoms with van der Waals surface area (Å²) in [6.07, 6.45) is 5.38. The smallest absolute Gasteiger partial charge is 0.253 e. The van der Waals surface area contributed by atoms with Gasteiger partial charge in [-0.3, -0.25) is 9.88 Å². The van der Waals surface area contributed by atoms with E-state index in [0.29, 0.717) is 16.7 Å². The van der Waals surface area contributed by atoms with Gasteiger partial charge in [-0.1, -0.05) is 41.4 Å². The average Bonchev–Trinajstić information content (AvgIpc) is 3.19. The molecule has 0 bridgehead atoms. The van der Waals surface area contributed by atoms with Gasteiger partial charge in [0.05, 0.1) is 10.7 Å². The molecule has 0 radical (unpaired) electrons. The van der Waals surface area contributed by atoms with Crippen LogP contribution in [0.15, 0.2) is 53.2 Å². The first-order valence-corrected chi connectivity index (χ1v) is 9.33. The second kappa shape index (κ2) is 7.17. The topological polar surface area (TPSA) is 55.1 Å². The van der Waals surface area contributed by atoms with Gasteiger partial charge >= 0.3 is 0 Å². The van der Waals surface area contributed by atoms with E-state index in [1.807, 2.05) is 48.7 Å². The van der Waals surface area contributed by atoms with E-state index in [1.165, 1.54) is 6.42 Å². The largest absolute Gasteiger partial charge is 0.336 e. The van der Waals surface area contributed by atoms with Crippen LogP contribution in [0.1, 0.15) is 37.8 Å². The van der Waals surface area contributed by atoms with E-state index >= 15 is 0 Å². The monoisotopic (exact) mass is 368 g/mol. The highest BCUT2D eigenvalue weighted by atomic mass is 35.5. The van der Waals surface area contributed by atoms with Crippen molar-refractivity contribution in [3.63, 3.8) is 0 Å². The van der Waals surface area contributed by atoms with Gasteiger partial charge in [0.2, 0.25) is 5.82 Å². The number of hydrogen-bond acceptors (Lipinski definition) is 5. The molecule has 26 heavy (non-hydrogen) atoms. The van der Waals surface area contributed by atoms with Gasteiger partial charge in [0.25, 0.3) is 5.89 Å². The molecule has 2 aromatic heterocycles. The van der Waals surface area contributed by atoms with E-state index in [0.717, 1.165) is 37.2 Å². The van der Waals surface area contributed by atoms with Crippen molar-refractivity contribution in [1.29, 1.82) is 0 Å². The number of rotatable bonds is 4. The van der Waals surface area contributed by atoms with Crippen LogP contribution in [-0.2, 0) is 5.54 Å². The normalized spacial score (nSPS) is 17.8. The summed E-state index contributed by atoms with van der Waals surface area (Å²) < 4.78 is 5.75. The maximum atomic E-state index is 6.30. The lowest BCUT2D eigenvalue weighted by Gasteiger charge is -2.40. The zero-order chi connectivity index (χ0) is 18.0. The predicted octanol–water partition coefficient (Wildman–Crippen LogP) is 4.53. The molecule has 134 valence electrons. The summed E-state index contributed by atoms with van der Waals surface area (Å²) in [5.41, 5.74) is 1.12. The second-order valence-corrected chi connectivity index (χ2v) is 7.15. The van der Waals surface area contributed by atoms with Gasteiger partial charge in [0.15, 0.2) is 0 Å². The van der Waals surface area contributed by atoms with Crippen LogP contribution in [0.4, 0.5) is 0 Å². The van der Waals surface area contributed by atoms with Gasteiger partial charge < -0.3 is 4.52 Å². The minimum absolute atomic E-state index is 0.504. The first-order valence-electron chi connectivity index (χ1n) is 8.95. The van der Waals surface area contributed by atoms with Crippen LogP contribution in [0.2, 0.25) is 5.02 Å². The molecule has 1 aromatic carbocycles. The number of hydrogen-bond donors (Lipinski definition) is 0. The molecule has 1 saturated heterocycles. The van der Waals surface area contributed by atoms with E-state index < -0.39 is 5.54 Å². The van der Waals surface area contributed by atoms with Gasteiger partial charge in [-0.2, -0.15) is 4.98 Å². The summed E-state index contributed by atoms with van der Waals surface area (Å²) in [5.74, 6) is 1.05. The molecule has 3 aromatic rings. The summed E-state index contributed by atoms with van der Waals surface area (Å²) in [6, 6.07) is 13.5. The van der Waals surface area contributed by atoms with Crippen molar-refractivity contribution in [2.75, 3.05) is 13.1 Å².